The van der Waals surface area contributed by atoms with Gasteiger partial charge in [0.05, 0.1) is 4.90 Å². The maximum absolute atomic E-state index is 13.3. The van der Waals surface area contributed by atoms with Crippen LogP contribution in [-0.4, -0.2) is 53.4 Å². The highest BCUT2D eigenvalue weighted by Crippen LogP contribution is 2.25. The molecule has 1 saturated heterocycles. The van der Waals surface area contributed by atoms with Crippen molar-refractivity contribution in [3.8, 4) is 5.82 Å². The number of aromatic nitrogens is 3. The number of rotatable bonds is 4. The summed E-state index contributed by atoms with van der Waals surface area (Å²) in [7, 11) is -3.52. The van der Waals surface area contributed by atoms with Crippen molar-refractivity contribution in [1.82, 2.24) is 18.8 Å². The number of nitrogens with zero attached hydrogens (tertiary/aromatic N) is 5. The van der Waals surface area contributed by atoms with E-state index >= 15 is 0 Å². The summed E-state index contributed by atoms with van der Waals surface area (Å²) < 4.78 is 30.0. The van der Waals surface area contributed by atoms with Crippen molar-refractivity contribution >= 4 is 15.8 Å². The lowest BCUT2D eigenvalue weighted by Gasteiger charge is -2.35. The van der Waals surface area contributed by atoms with Gasteiger partial charge in [0.25, 0.3) is 0 Å². The summed E-state index contributed by atoms with van der Waals surface area (Å²) in [5.41, 5.74) is 2.89. The topological polar surface area (TPSA) is 71.3 Å². The third kappa shape index (κ3) is 3.85. The number of anilines is 1. The average Bonchev–Trinajstić information content (AvgIpc) is 3.25. The van der Waals surface area contributed by atoms with Crippen LogP contribution in [0.2, 0.25) is 0 Å². The second kappa shape index (κ2) is 7.85. The molecule has 0 amide bonds. The largest absolute Gasteiger partial charge is 0.354 e. The molecule has 30 heavy (non-hydrogen) atoms. The van der Waals surface area contributed by atoms with Gasteiger partial charge in [-0.3, -0.25) is 0 Å². The summed E-state index contributed by atoms with van der Waals surface area (Å²) >= 11 is 0. The summed E-state index contributed by atoms with van der Waals surface area (Å²) in [5.74, 6) is 2.32. The lowest BCUT2D eigenvalue weighted by Crippen LogP contribution is -2.49. The van der Waals surface area contributed by atoms with E-state index in [1.54, 1.807) is 10.4 Å². The van der Waals surface area contributed by atoms with Gasteiger partial charge in [0.2, 0.25) is 10.0 Å². The van der Waals surface area contributed by atoms with Crippen LogP contribution in [0.25, 0.3) is 5.82 Å². The van der Waals surface area contributed by atoms with Crippen LogP contribution >= 0.6 is 0 Å². The molecule has 0 atom stereocenters. The van der Waals surface area contributed by atoms with Gasteiger partial charge < -0.3 is 9.47 Å². The molecule has 8 heteroatoms. The van der Waals surface area contributed by atoms with E-state index in [0.29, 0.717) is 36.9 Å². The highest BCUT2D eigenvalue weighted by molar-refractivity contribution is 7.89. The molecule has 1 aromatic carbocycles. The van der Waals surface area contributed by atoms with Crippen LogP contribution in [0.4, 0.5) is 5.82 Å². The molecule has 0 bridgehead atoms. The first-order valence-corrected chi connectivity index (χ1v) is 11.5. The smallest absolute Gasteiger partial charge is 0.243 e. The van der Waals surface area contributed by atoms with Crippen molar-refractivity contribution in [2.24, 2.45) is 0 Å². The first-order chi connectivity index (χ1) is 14.3. The molecular formula is C22H27N5O2S. The van der Waals surface area contributed by atoms with E-state index in [2.05, 4.69) is 14.9 Å². The minimum atomic E-state index is -3.52. The molecule has 0 N–H and O–H groups in total. The highest BCUT2D eigenvalue weighted by atomic mass is 32.2. The standard InChI is InChI=1S/C22H27N5O2S/c1-16-13-18(3)20(14-17(16)2)30(28,29)27-11-9-26(10-12-27)22-15-21(23-19(4)24-22)25-7-5-6-8-25/h5-8,13-15H,9-12H2,1-4H3. The van der Waals surface area contributed by atoms with Gasteiger partial charge in [-0.15, -0.1) is 0 Å². The first-order valence-electron chi connectivity index (χ1n) is 10.1. The van der Waals surface area contributed by atoms with Crippen molar-refractivity contribution in [2.45, 2.75) is 32.6 Å². The monoisotopic (exact) mass is 425 g/mol. The summed E-state index contributed by atoms with van der Waals surface area (Å²) in [4.78, 5) is 11.6. The Morgan fingerprint density at radius 3 is 2.03 bits per heavy atom. The Morgan fingerprint density at radius 1 is 0.767 bits per heavy atom. The molecule has 1 aliphatic rings. The van der Waals surface area contributed by atoms with Crippen molar-refractivity contribution in [3.63, 3.8) is 0 Å². The molecule has 2 aromatic heterocycles. The normalized spacial score (nSPS) is 15.5. The fourth-order valence-corrected chi connectivity index (χ4v) is 5.54. The van der Waals surface area contributed by atoms with Crippen LogP contribution in [0, 0.1) is 27.7 Å². The zero-order valence-electron chi connectivity index (χ0n) is 17.8. The van der Waals surface area contributed by atoms with Gasteiger partial charge in [0, 0.05) is 44.6 Å². The molecule has 7 nitrogen and oxygen atoms in total. The predicted molar refractivity (Wildman–Crippen MR) is 118 cm³/mol. The van der Waals surface area contributed by atoms with Gasteiger partial charge in [-0.1, -0.05) is 6.07 Å². The van der Waals surface area contributed by atoms with Gasteiger partial charge in [-0.05, 0) is 62.6 Å². The second-order valence-electron chi connectivity index (χ2n) is 7.81. The zero-order valence-corrected chi connectivity index (χ0v) is 18.6. The zero-order chi connectivity index (χ0) is 21.5. The quantitative estimate of drug-likeness (QED) is 0.643. The predicted octanol–water partition coefficient (Wildman–Crippen LogP) is 3.01. The van der Waals surface area contributed by atoms with Crippen LogP contribution in [0.1, 0.15) is 22.5 Å². The van der Waals surface area contributed by atoms with Gasteiger partial charge in [-0.2, -0.15) is 4.31 Å². The Morgan fingerprint density at radius 2 is 1.37 bits per heavy atom. The van der Waals surface area contributed by atoms with Crippen LogP contribution in [0.5, 0.6) is 0 Å². The van der Waals surface area contributed by atoms with Gasteiger partial charge in [-0.25, -0.2) is 18.4 Å². The van der Waals surface area contributed by atoms with E-state index in [4.69, 9.17) is 0 Å². The highest BCUT2D eigenvalue weighted by Gasteiger charge is 2.30. The number of piperazine rings is 1. The number of sulfonamides is 1. The van der Waals surface area contributed by atoms with Crippen LogP contribution < -0.4 is 4.90 Å². The Hall–Kier alpha value is -2.71. The number of benzene rings is 1. The van der Waals surface area contributed by atoms with E-state index in [0.717, 1.165) is 28.3 Å². The Kier molecular flexibility index (Phi) is 5.38. The van der Waals surface area contributed by atoms with Gasteiger partial charge >= 0.3 is 0 Å². The van der Waals surface area contributed by atoms with Crippen molar-refractivity contribution in [3.05, 3.63) is 65.2 Å². The molecule has 0 aliphatic carbocycles. The fourth-order valence-electron chi connectivity index (χ4n) is 3.83. The molecular weight excluding hydrogens is 398 g/mol. The third-order valence-corrected chi connectivity index (χ3v) is 7.69. The maximum atomic E-state index is 13.3. The van der Waals surface area contributed by atoms with E-state index in [1.165, 1.54) is 0 Å². The van der Waals surface area contributed by atoms with E-state index < -0.39 is 10.0 Å². The van der Waals surface area contributed by atoms with E-state index in [-0.39, 0.29) is 0 Å². The molecule has 3 heterocycles. The maximum Gasteiger partial charge on any atom is 0.243 e. The first kappa shape index (κ1) is 20.6. The van der Waals surface area contributed by atoms with E-state index in [9.17, 15) is 8.42 Å². The Labute approximate surface area is 178 Å². The molecule has 0 spiro atoms. The minimum absolute atomic E-state index is 0.409. The summed E-state index contributed by atoms with van der Waals surface area (Å²) in [6.07, 6.45) is 3.89. The molecule has 158 valence electrons. The Bertz CT molecular complexity index is 1160. The minimum Gasteiger partial charge on any atom is -0.354 e. The average molecular weight is 426 g/mol. The molecule has 1 fully saturated rings. The van der Waals surface area contributed by atoms with Crippen molar-refractivity contribution in [2.75, 3.05) is 31.1 Å². The van der Waals surface area contributed by atoms with Gasteiger partial charge in [0.1, 0.15) is 17.5 Å². The number of hydrogen-bond acceptors (Lipinski definition) is 5. The van der Waals surface area contributed by atoms with Crippen molar-refractivity contribution < 1.29 is 8.42 Å². The second-order valence-corrected chi connectivity index (χ2v) is 9.72. The summed E-state index contributed by atoms with van der Waals surface area (Å²) in [5, 5.41) is 0. The molecule has 1 aliphatic heterocycles. The lowest BCUT2D eigenvalue weighted by molar-refractivity contribution is 0.383. The fraction of sp³-hybridized carbons (Fsp3) is 0.364. The molecule has 0 unspecified atom stereocenters. The number of hydrogen-bond donors (Lipinski definition) is 0. The van der Waals surface area contributed by atoms with Crippen LogP contribution in [-0.2, 0) is 10.0 Å². The van der Waals surface area contributed by atoms with Gasteiger partial charge in [0.15, 0.2) is 0 Å². The van der Waals surface area contributed by atoms with Crippen LogP contribution in [0.15, 0.2) is 47.6 Å². The van der Waals surface area contributed by atoms with E-state index in [1.807, 2.05) is 68.9 Å². The molecule has 4 rings (SSSR count). The third-order valence-electron chi connectivity index (χ3n) is 5.65. The molecule has 0 radical (unpaired) electrons. The Balaban J connectivity index is 1.54. The molecule has 3 aromatic rings. The summed E-state index contributed by atoms with van der Waals surface area (Å²) in [6, 6.07) is 9.60. The van der Waals surface area contributed by atoms with Crippen molar-refractivity contribution in [1.29, 1.82) is 0 Å². The lowest BCUT2D eigenvalue weighted by atomic mass is 10.1. The summed E-state index contributed by atoms with van der Waals surface area (Å²) in [6.45, 7) is 9.72. The number of aryl methyl sites for hydroxylation is 4. The molecule has 0 saturated carbocycles. The van der Waals surface area contributed by atoms with Crippen LogP contribution in [0.3, 0.4) is 0 Å². The SMILES string of the molecule is Cc1nc(N2CCN(S(=O)(=O)c3cc(C)c(C)cc3C)CC2)cc(-n2cccc2)n1.